The molecule has 1 N–H and O–H groups in total. The highest BCUT2D eigenvalue weighted by Crippen LogP contribution is 2.26. The molecule has 0 aromatic heterocycles. The van der Waals surface area contributed by atoms with Crippen molar-refractivity contribution in [3.8, 4) is 0 Å². The number of nitrogens with zero attached hydrogens (tertiary/aromatic N) is 2. The molecule has 1 aromatic rings. The summed E-state index contributed by atoms with van der Waals surface area (Å²) in [7, 11) is 1.53. The molecular formula is C13H15N3O5. The number of morpholine rings is 1. The molecule has 21 heavy (non-hydrogen) atoms. The van der Waals surface area contributed by atoms with Crippen molar-refractivity contribution in [1.29, 1.82) is 0 Å². The van der Waals surface area contributed by atoms with Crippen LogP contribution in [-0.2, 0) is 9.53 Å². The minimum absolute atomic E-state index is 0.0142. The number of aldehydes is 1. The fraction of sp³-hybridized carbons (Fsp3) is 0.385. The number of nitro groups is 1. The van der Waals surface area contributed by atoms with Crippen molar-refractivity contribution in [3.63, 3.8) is 0 Å². The Balaban J connectivity index is 2.37. The molecule has 1 amide bonds. The van der Waals surface area contributed by atoms with E-state index in [1.54, 1.807) is 4.90 Å². The number of ether oxygens (including phenoxy) is 1. The molecule has 1 fully saturated rings. The van der Waals surface area contributed by atoms with Crippen molar-refractivity contribution in [1.82, 2.24) is 5.32 Å². The van der Waals surface area contributed by atoms with E-state index in [0.717, 1.165) is 0 Å². The molecule has 112 valence electrons. The van der Waals surface area contributed by atoms with Crippen molar-refractivity contribution in [2.45, 2.75) is 6.04 Å². The lowest BCUT2D eigenvalue weighted by molar-refractivity contribution is -0.385. The van der Waals surface area contributed by atoms with Gasteiger partial charge in [-0.3, -0.25) is 19.7 Å². The van der Waals surface area contributed by atoms with Crippen molar-refractivity contribution in [3.05, 3.63) is 33.9 Å². The van der Waals surface area contributed by atoms with E-state index < -0.39 is 11.0 Å². The zero-order chi connectivity index (χ0) is 15.4. The summed E-state index contributed by atoms with van der Waals surface area (Å²) < 4.78 is 5.30. The predicted molar refractivity (Wildman–Crippen MR) is 74.5 cm³/mol. The van der Waals surface area contributed by atoms with Gasteiger partial charge in [-0.2, -0.15) is 0 Å². The van der Waals surface area contributed by atoms with E-state index in [2.05, 4.69) is 5.32 Å². The first-order valence-electron chi connectivity index (χ1n) is 6.38. The van der Waals surface area contributed by atoms with Gasteiger partial charge in [0.05, 0.1) is 23.7 Å². The predicted octanol–water partition coefficient (Wildman–Crippen LogP) is 0.359. The Morgan fingerprint density at radius 1 is 1.57 bits per heavy atom. The Bertz CT molecular complexity index is 575. The van der Waals surface area contributed by atoms with Crippen LogP contribution >= 0.6 is 0 Å². The number of carbonyl (C=O) groups is 2. The van der Waals surface area contributed by atoms with Gasteiger partial charge in [-0.15, -0.1) is 0 Å². The summed E-state index contributed by atoms with van der Waals surface area (Å²) >= 11 is 0. The molecule has 1 aromatic carbocycles. The van der Waals surface area contributed by atoms with Crippen LogP contribution in [-0.4, -0.2) is 50.0 Å². The number of anilines is 1. The van der Waals surface area contributed by atoms with Gasteiger partial charge in [-0.1, -0.05) is 0 Å². The minimum atomic E-state index is -0.608. The number of hydrogen-bond acceptors (Lipinski definition) is 6. The Labute approximate surface area is 120 Å². The first-order valence-corrected chi connectivity index (χ1v) is 6.38. The van der Waals surface area contributed by atoms with Crippen LogP contribution in [0.25, 0.3) is 0 Å². The molecule has 2 rings (SSSR count). The minimum Gasteiger partial charge on any atom is -0.377 e. The summed E-state index contributed by atoms with van der Waals surface area (Å²) in [6, 6.07) is 3.71. The van der Waals surface area contributed by atoms with Crippen molar-refractivity contribution < 1.29 is 19.2 Å². The summed E-state index contributed by atoms with van der Waals surface area (Å²) in [5, 5.41) is 13.4. The summed E-state index contributed by atoms with van der Waals surface area (Å²) in [6.45, 7) is 1.14. The second kappa shape index (κ2) is 6.31. The largest absolute Gasteiger partial charge is 0.377 e. The van der Waals surface area contributed by atoms with Gasteiger partial charge < -0.3 is 15.0 Å². The number of carbonyl (C=O) groups excluding carboxylic acids is 2. The van der Waals surface area contributed by atoms with E-state index in [-0.39, 0.29) is 23.8 Å². The van der Waals surface area contributed by atoms with E-state index in [0.29, 0.717) is 25.1 Å². The van der Waals surface area contributed by atoms with Crippen LogP contribution in [0.4, 0.5) is 11.4 Å². The monoisotopic (exact) mass is 293 g/mol. The number of nitro benzene ring substituents is 1. The lowest BCUT2D eigenvalue weighted by Gasteiger charge is -2.36. The third-order valence-electron chi connectivity index (χ3n) is 3.34. The molecule has 1 aliphatic heterocycles. The van der Waals surface area contributed by atoms with Gasteiger partial charge in [0, 0.05) is 25.3 Å². The van der Waals surface area contributed by atoms with Crippen molar-refractivity contribution >= 4 is 23.6 Å². The molecule has 8 nitrogen and oxygen atoms in total. The van der Waals surface area contributed by atoms with Crippen LogP contribution in [0.2, 0.25) is 0 Å². The van der Waals surface area contributed by atoms with Crippen LogP contribution in [0.15, 0.2) is 18.2 Å². The van der Waals surface area contributed by atoms with Gasteiger partial charge in [0.2, 0.25) is 5.91 Å². The maximum absolute atomic E-state index is 11.9. The van der Waals surface area contributed by atoms with Crippen molar-refractivity contribution in [2.75, 3.05) is 31.7 Å². The number of rotatable bonds is 4. The van der Waals surface area contributed by atoms with E-state index in [1.807, 2.05) is 0 Å². The third-order valence-corrected chi connectivity index (χ3v) is 3.34. The summed E-state index contributed by atoms with van der Waals surface area (Å²) in [5.41, 5.74) is 0.317. The molecule has 1 atom stereocenters. The van der Waals surface area contributed by atoms with Gasteiger partial charge >= 0.3 is 0 Å². The van der Waals surface area contributed by atoms with E-state index in [4.69, 9.17) is 4.74 Å². The number of benzene rings is 1. The normalized spacial score (nSPS) is 18.1. The molecule has 0 saturated carbocycles. The molecule has 1 saturated heterocycles. The number of likely N-dealkylation sites (N-methyl/N-ethyl adjacent to an activating group) is 1. The Morgan fingerprint density at radius 3 is 2.95 bits per heavy atom. The zero-order valence-corrected chi connectivity index (χ0v) is 11.4. The Kier molecular flexibility index (Phi) is 4.49. The molecule has 0 aliphatic carbocycles. The molecule has 1 unspecified atom stereocenters. The molecule has 1 heterocycles. The molecular weight excluding hydrogens is 278 g/mol. The number of nitrogens with one attached hydrogen (secondary N) is 1. The van der Waals surface area contributed by atoms with Crippen LogP contribution in [0, 0.1) is 10.1 Å². The van der Waals surface area contributed by atoms with E-state index >= 15 is 0 Å². The molecule has 0 bridgehead atoms. The third kappa shape index (κ3) is 3.00. The topological polar surface area (TPSA) is 102 Å². The average molecular weight is 293 g/mol. The molecule has 8 heteroatoms. The standard InChI is InChI=1S/C13H15N3O5/c1-14-13(18)12-8-21-5-4-15(12)10-2-3-11(16(19)20)9(6-10)7-17/h2-3,6-7,12H,4-5,8H2,1H3,(H,14,18). The maximum atomic E-state index is 11.9. The Hall–Kier alpha value is -2.48. The summed E-state index contributed by atoms with van der Waals surface area (Å²) in [5.74, 6) is -0.208. The second-order valence-corrected chi connectivity index (χ2v) is 4.52. The van der Waals surface area contributed by atoms with Crippen LogP contribution in [0.1, 0.15) is 10.4 Å². The SMILES string of the molecule is CNC(=O)C1COCCN1c1ccc([N+](=O)[O-])c(C=O)c1. The quantitative estimate of drug-likeness (QED) is 0.488. The van der Waals surface area contributed by atoms with Gasteiger partial charge in [0.15, 0.2) is 6.29 Å². The number of amides is 1. The average Bonchev–Trinajstić information content (AvgIpc) is 2.53. The highest BCUT2D eigenvalue weighted by atomic mass is 16.6. The number of hydrogen-bond donors (Lipinski definition) is 1. The zero-order valence-electron chi connectivity index (χ0n) is 11.4. The Morgan fingerprint density at radius 2 is 2.33 bits per heavy atom. The van der Waals surface area contributed by atoms with Gasteiger partial charge in [0.25, 0.3) is 5.69 Å². The smallest absolute Gasteiger partial charge is 0.280 e. The van der Waals surface area contributed by atoms with Gasteiger partial charge in [-0.25, -0.2) is 0 Å². The highest BCUT2D eigenvalue weighted by molar-refractivity contribution is 5.87. The molecule has 0 spiro atoms. The van der Waals surface area contributed by atoms with Crippen LogP contribution in [0.3, 0.4) is 0 Å². The summed E-state index contributed by atoms with van der Waals surface area (Å²) in [4.78, 5) is 34.9. The fourth-order valence-electron chi connectivity index (χ4n) is 2.28. The van der Waals surface area contributed by atoms with E-state index in [1.165, 1.54) is 25.2 Å². The lowest BCUT2D eigenvalue weighted by Crippen LogP contribution is -2.53. The van der Waals surface area contributed by atoms with Gasteiger partial charge in [0.1, 0.15) is 6.04 Å². The maximum Gasteiger partial charge on any atom is 0.280 e. The van der Waals surface area contributed by atoms with E-state index in [9.17, 15) is 19.7 Å². The first-order chi connectivity index (χ1) is 10.1. The lowest BCUT2D eigenvalue weighted by atomic mass is 10.1. The van der Waals surface area contributed by atoms with Gasteiger partial charge in [-0.05, 0) is 12.1 Å². The molecule has 1 aliphatic rings. The summed E-state index contributed by atoms with van der Waals surface area (Å²) in [6.07, 6.45) is 0.441. The first kappa shape index (κ1) is 14.9. The van der Waals surface area contributed by atoms with Crippen LogP contribution in [0.5, 0.6) is 0 Å². The second-order valence-electron chi connectivity index (χ2n) is 4.52. The molecule has 0 radical (unpaired) electrons. The van der Waals surface area contributed by atoms with Crippen molar-refractivity contribution in [2.24, 2.45) is 0 Å². The van der Waals surface area contributed by atoms with Crippen LogP contribution < -0.4 is 10.2 Å². The highest BCUT2D eigenvalue weighted by Gasteiger charge is 2.29. The fourth-order valence-corrected chi connectivity index (χ4v) is 2.28.